The molecule has 1 aliphatic heterocycles. The van der Waals surface area contributed by atoms with E-state index in [1.807, 2.05) is 6.07 Å². The molecule has 250 valence electrons. The number of hydrogen-bond acceptors (Lipinski definition) is 6. The number of sulfonamides is 1. The smallest absolute Gasteiger partial charge is 0.296 e. The van der Waals surface area contributed by atoms with Gasteiger partial charge in [-0.05, 0) is 56.4 Å². The van der Waals surface area contributed by atoms with E-state index in [-0.39, 0.29) is 27.7 Å². The molecule has 2 heterocycles. The summed E-state index contributed by atoms with van der Waals surface area (Å²) in [6.45, 7) is 5.99. The lowest BCUT2D eigenvalue weighted by atomic mass is 10.1. The molecule has 1 aromatic heterocycles. The molecule has 0 atom stereocenters. The molecule has 0 aliphatic carbocycles. The van der Waals surface area contributed by atoms with Gasteiger partial charge in [0.15, 0.2) is 0 Å². The SMILES string of the molecule is Cc1c(N(C)S(=O)(=O)c2cc(C(=O)N(CCN3CCN(C)CC3)Cc3ccc(Br)cc3F)ccc2Cl)c(=O)n(-c2ccccc2)n1C. The van der Waals surface area contributed by atoms with Crippen molar-refractivity contribution in [1.29, 1.82) is 0 Å². The van der Waals surface area contributed by atoms with Gasteiger partial charge in [-0.1, -0.05) is 51.8 Å². The first kappa shape index (κ1) is 34.8. The fourth-order valence-electron chi connectivity index (χ4n) is 5.64. The van der Waals surface area contributed by atoms with Gasteiger partial charge in [0.05, 0.1) is 16.4 Å². The average Bonchev–Trinajstić information content (AvgIpc) is 3.27. The number of carbonyl (C=O) groups is 1. The van der Waals surface area contributed by atoms with Crippen molar-refractivity contribution in [2.24, 2.45) is 7.05 Å². The van der Waals surface area contributed by atoms with E-state index >= 15 is 0 Å². The second kappa shape index (κ2) is 14.3. The standard InChI is InChI=1S/C33H37BrClFN6O4S/c1-23-31(33(44)42(38(23)3)27-8-6-5-7-9-27)39(4)47(45,46)30-20-24(11-13-28(30)35)32(43)41(19-18-40-16-14-37(2)15-17-40)22-25-10-12-26(34)21-29(25)36/h5-13,20-21H,14-19,22H2,1-4H3. The summed E-state index contributed by atoms with van der Waals surface area (Å²) in [5.41, 5.74) is 0.810. The van der Waals surface area contributed by atoms with Gasteiger partial charge in [-0.3, -0.25) is 23.5 Å². The van der Waals surface area contributed by atoms with E-state index in [1.54, 1.807) is 55.1 Å². The summed E-state index contributed by atoms with van der Waals surface area (Å²) >= 11 is 9.74. The maximum atomic E-state index is 14.9. The van der Waals surface area contributed by atoms with Crippen LogP contribution in [-0.4, -0.2) is 91.8 Å². The number of nitrogens with zero attached hydrogens (tertiary/aromatic N) is 6. The van der Waals surface area contributed by atoms with Crippen LogP contribution in [0.15, 0.2) is 80.9 Å². The second-order valence-electron chi connectivity index (χ2n) is 11.6. The van der Waals surface area contributed by atoms with Gasteiger partial charge in [0.25, 0.3) is 21.5 Å². The van der Waals surface area contributed by atoms with Gasteiger partial charge in [-0.15, -0.1) is 0 Å². The Bertz CT molecular complexity index is 1940. The molecular formula is C33H37BrClFN6O4S. The van der Waals surface area contributed by atoms with Crippen LogP contribution in [-0.2, 0) is 23.6 Å². The Labute approximate surface area is 287 Å². The molecular weight excluding hydrogens is 711 g/mol. The van der Waals surface area contributed by atoms with E-state index in [1.165, 1.54) is 40.9 Å². The molecule has 0 saturated carbocycles. The topological polar surface area (TPSA) is 91.1 Å². The minimum atomic E-state index is -4.41. The normalized spacial score (nSPS) is 14.4. The van der Waals surface area contributed by atoms with Gasteiger partial charge in [0, 0.05) is 75.5 Å². The van der Waals surface area contributed by atoms with E-state index in [2.05, 4.69) is 32.8 Å². The molecule has 0 N–H and O–H groups in total. The van der Waals surface area contributed by atoms with Crippen LogP contribution in [0.5, 0.6) is 0 Å². The molecule has 47 heavy (non-hydrogen) atoms. The van der Waals surface area contributed by atoms with Crippen LogP contribution in [0.3, 0.4) is 0 Å². The molecule has 10 nitrogen and oxygen atoms in total. The van der Waals surface area contributed by atoms with Gasteiger partial charge < -0.3 is 9.80 Å². The Morgan fingerprint density at radius 1 is 1.00 bits per heavy atom. The summed E-state index contributed by atoms with van der Waals surface area (Å²) in [7, 11) is 0.608. The molecule has 4 aromatic rings. The van der Waals surface area contributed by atoms with Gasteiger partial charge in [0.1, 0.15) is 16.4 Å². The van der Waals surface area contributed by atoms with Crippen LogP contribution in [0.25, 0.3) is 5.69 Å². The second-order valence-corrected chi connectivity index (χ2v) is 14.9. The lowest BCUT2D eigenvalue weighted by molar-refractivity contribution is 0.0699. The Balaban J connectivity index is 1.48. The van der Waals surface area contributed by atoms with E-state index in [4.69, 9.17) is 11.6 Å². The highest BCUT2D eigenvalue weighted by Crippen LogP contribution is 2.30. The fourth-order valence-corrected chi connectivity index (χ4v) is 7.72. The molecule has 1 fully saturated rings. The third-order valence-corrected chi connectivity index (χ3v) is 11.3. The van der Waals surface area contributed by atoms with Crippen molar-refractivity contribution in [2.45, 2.75) is 18.4 Å². The number of anilines is 1. The third-order valence-electron chi connectivity index (χ3n) is 8.60. The van der Waals surface area contributed by atoms with Gasteiger partial charge in [0.2, 0.25) is 0 Å². The summed E-state index contributed by atoms with van der Waals surface area (Å²) in [5.74, 6) is -0.934. The molecule has 1 amide bonds. The number of rotatable bonds is 10. The summed E-state index contributed by atoms with van der Waals surface area (Å²) in [5, 5.41) is -0.103. The lowest BCUT2D eigenvalue weighted by Crippen LogP contribution is -2.47. The first-order chi connectivity index (χ1) is 22.3. The molecule has 14 heteroatoms. The largest absolute Gasteiger partial charge is 0.333 e. The van der Waals surface area contributed by atoms with Gasteiger partial charge in [-0.25, -0.2) is 17.5 Å². The highest BCUT2D eigenvalue weighted by Gasteiger charge is 2.31. The van der Waals surface area contributed by atoms with Crippen molar-refractivity contribution in [1.82, 2.24) is 24.1 Å². The minimum absolute atomic E-state index is 0.0153. The third kappa shape index (κ3) is 7.34. The number of aromatic nitrogens is 2. The molecule has 5 rings (SSSR count). The average molecular weight is 748 g/mol. The predicted octanol–water partition coefficient (Wildman–Crippen LogP) is 4.75. The lowest BCUT2D eigenvalue weighted by Gasteiger charge is -2.34. The first-order valence-electron chi connectivity index (χ1n) is 15.1. The van der Waals surface area contributed by atoms with E-state index in [0.717, 1.165) is 30.5 Å². The summed E-state index contributed by atoms with van der Waals surface area (Å²) < 4.78 is 47.5. The number of para-hydroxylation sites is 1. The van der Waals surface area contributed by atoms with Crippen LogP contribution < -0.4 is 9.86 Å². The highest BCUT2D eigenvalue weighted by atomic mass is 79.9. The van der Waals surface area contributed by atoms with Crippen molar-refractivity contribution in [3.63, 3.8) is 0 Å². The Morgan fingerprint density at radius 3 is 2.34 bits per heavy atom. The van der Waals surface area contributed by atoms with Crippen LogP contribution in [0.2, 0.25) is 5.02 Å². The summed E-state index contributed by atoms with van der Waals surface area (Å²) in [4.78, 5) is 33.4. The number of piperazine rings is 1. The number of halogens is 3. The number of hydrogen-bond donors (Lipinski definition) is 0. The zero-order valence-electron chi connectivity index (χ0n) is 26.7. The molecule has 1 aliphatic rings. The number of benzene rings is 3. The molecule has 0 radical (unpaired) electrons. The number of carbonyl (C=O) groups excluding carboxylic acids is 1. The quantitative estimate of drug-likeness (QED) is 0.233. The summed E-state index contributed by atoms with van der Waals surface area (Å²) in [6, 6.07) is 17.6. The Morgan fingerprint density at radius 2 is 1.68 bits per heavy atom. The van der Waals surface area contributed by atoms with E-state index in [9.17, 15) is 22.4 Å². The van der Waals surface area contributed by atoms with Crippen LogP contribution in [0.1, 0.15) is 21.6 Å². The Kier molecular flexibility index (Phi) is 10.6. The van der Waals surface area contributed by atoms with Crippen LogP contribution in [0.4, 0.5) is 10.1 Å². The van der Waals surface area contributed by atoms with Crippen molar-refractivity contribution >= 4 is 49.1 Å². The predicted molar refractivity (Wildman–Crippen MR) is 186 cm³/mol. The van der Waals surface area contributed by atoms with E-state index in [0.29, 0.717) is 34.5 Å². The van der Waals surface area contributed by atoms with Crippen molar-refractivity contribution < 1.29 is 17.6 Å². The number of likely N-dealkylation sites (N-methyl/N-ethyl adjacent to an activating group) is 1. The zero-order chi connectivity index (χ0) is 34.0. The zero-order valence-corrected chi connectivity index (χ0v) is 29.8. The van der Waals surface area contributed by atoms with Crippen molar-refractivity contribution in [3.05, 3.63) is 109 Å². The van der Waals surface area contributed by atoms with Crippen molar-refractivity contribution in [2.75, 3.05) is 57.7 Å². The maximum absolute atomic E-state index is 14.9. The summed E-state index contributed by atoms with van der Waals surface area (Å²) in [6.07, 6.45) is 0. The molecule has 0 bridgehead atoms. The van der Waals surface area contributed by atoms with Gasteiger partial charge in [-0.2, -0.15) is 0 Å². The maximum Gasteiger partial charge on any atom is 0.296 e. The molecule has 1 saturated heterocycles. The highest BCUT2D eigenvalue weighted by molar-refractivity contribution is 9.10. The van der Waals surface area contributed by atoms with Gasteiger partial charge >= 0.3 is 0 Å². The molecule has 0 spiro atoms. The number of amides is 1. The van der Waals surface area contributed by atoms with Crippen LogP contribution in [0, 0.1) is 12.7 Å². The van der Waals surface area contributed by atoms with Crippen LogP contribution >= 0.6 is 27.5 Å². The minimum Gasteiger partial charge on any atom is -0.333 e. The van der Waals surface area contributed by atoms with Crippen molar-refractivity contribution in [3.8, 4) is 5.69 Å². The first-order valence-corrected chi connectivity index (χ1v) is 17.7. The fraction of sp³-hybridized carbons (Fsp3) is 0.333. The molecule has 0 unspecified atom stereocenters. The Hall–Kier alpha value is -3.49. The molecule has 3 aromatic carbocycles. The monoisotopic (exact) mass is 746 g/mol. The van der Waals surface area contributed by atoms with E-state index < -0.39 is 27.3 Å².